The average Bonchev–Trinajstić information content (AvgIpc) is 3.15. The normalized spacial score (nSPS) is 25.0. The lowest BCUT2D eigenvalue weighted by Crippen LogP contribution is -2.61. The van der Waals surface area contributed by atoms with Gasteiger partial charge in [-0.3, -0.25) is 9.59 Å². The van der Waals surface area contributed by atoms with Gasteiger partial charge in [-0.05, 0) is 36.2 Å². The maximum Gasteiger partial charge on any atom is 0.253 e. The van der Waals surface area contributed by atoms with Gasteiger partial charge in [0.25, 0.3) is 5.91 Å². The molecule has 0 bridgehead atoms. The summed E-state index contributed by atoms with van der Waals surface area (Å²) >= 11 is 0. The Balaban J connectivity index is 1.54. The van der Waals surface area contributed by atoms with Gasteiger partial charge in [0, 0.05) is 50.6 Å². The van der Waals surface area contributed by atoms with E-state index >= 15 is 0 Å². The number of piperidine rings is 1. The van der Waals surface area contributed by atoms with Crippen molar-refractivity contribution in [1.82, 2.24) is 15.5 Å². The Morgan fingerprint density at radius 1 is 1.19 bits per heavy atom. The lowest BCUT2D eigenvalue weighted by atomic mass is 9.75. The van der Waals surface area contributed by atoms with Gasteiger partial charge in [-0.25, -0.2) is 0 Å². The van der Waals surface area contributed by atoms with E-state index in [0.29, 0.717) is 44.1 Å². The van der Waals surface area contributed by atoms with E-state index < -0.39 is 0 Å². The fourth-order valence-corrected chi connectivity index (χ4v) is 4.90. The van der Waals surface area contributed by atoms with Crippen molar-refractivity contribution >= 4 is 11.8 Å². The number of carbonyl (C=O) groups excluding carboxylic acids is 2. The van der Waals surface area contributed by atoms with Crippen molar-refractivity contribution in [2.75, 3.05) is 32.8 Å². The standard InChI is InChI=1S/C24H30N4O3/c1-17(29)27-24-11-13-28(23(30)19-7-9-20(10-8-19)31-14-12-25)15-21(24)22(26-16-24)18-5-3-2-4-6-18/h2-10,21-22,26H,11-16,25H2,1H3,(H,27,29)/t21-,22-,24-/m1/s1. The molecule has 3 atom stereocenters. The monoisotopic (exact) mass is 422 g/mol. The molecule has 2 aliphatic rings. The quantitative estimate of drug-likeness (QED) is 0.659. The minimum Gasteiger partial charge on any atom is -0.492 e. The van der Waals surface area contributed by atoms with E-state index in [1.54, 1.807) is 31.2 Å². The second-order valence-corrected chi connectivity index (χ2v) is 8.38. The van der Waals surface area contributed by atoms with Crippen LogP contribution in [0.25, 0.3) is 0 Å². The highest BCUT2D eigenvalue weighted by molar-refractivity contribution is 5.94. The first-order valence-electron chi connectivity index (χ1n) is 10.8. The van der Waals surface area contributed by atoms with E-state index in [1.807, 2.05) is 23.1 Å². The number of rotatable bonds is 6. The van der Waals surface area contributed by atoms with Crippen molar-refractivity contribution in [2.24, 2.45) is 11.7 Å². The molecule has 0 aromatic heterocycles. The predicted octanol–water partition coefficient (Wildman–Crippen LogP) is 1.71. The number of benzene rings is 2. The summed E-state index contributed by atoms with van der Waals surface area (Å²) in [4.78, 5) is 27.1. The molecule has 2 aromatic rings. The number of nitrogens with two attached hydrogens (primary N) is 1. The molecule has 0 aliphatic carbocycles. The number of likely N-dealkylation sites (tertiary alicyclic amines) is 1. The Hall–Kier alpha value is -2.90. The molecule has 2 fully saturated rings. The summed E-state index contributed by atoms with van der Waals surface area (Å²) in [6, 6.07) is 17.5. The zero-order chi connectivity index (χ0) is 21.8. The number of hydrogen-bond acceptors (Lipinski definition) is 5. The highest BCUT2D eigenvalue weighted by Crippen LogP contribution is 2.42. The second-order valence-electron chi connectivity index (χ2n) is 8.38. The first-order chi connectivity index (χ1) is 15.0. The Labute approximate surface area is 182 Å². The van der Waals surface area contributed by atoms with Crippen molar-refractivity contribution in [3.05, 3.63) is 65.7 Å². The molecule has 0 spiro atoms. The summed E-state index contributed by atoms with van der Waals surface area (Å²) < 4.78 is 5.51. The summed E-state index contributed by atoms with van der Waals surface area (Å²) in [5, 5.41) is 6.83. The van der Waals surface area contributed by atoms with Gasteiger partial charge in [-0.2, -0.15) is 0 Å². The van der Waals surface area contributed by atoms with E-state index in [0.717, 1.165) is 6.42 Å². The highest BCUT2D eigenvalue weighted by atomic mass is 16.5. The third kappa shape index (κ3) is 4.43. The molecule has 2 saturated heterocycles. The van der Waals surface area contributed by atoms with Gasteiger partial charge in [0.2, 0.25) is 5.91 Å². The number of hydrogen-bond donors (Lipinski definition) is 3. The summed E-state index contributed by atoms with van der Waals surface area (Å²) in [6.45, 7) is 4.34. The Morgan fingerprint density at radius 3 is 2.61 bits per heavy atom. The molecule has 2 heterocycles. The van der Waals surface area contributed by atoms with Crippen LogP contribution in [0.4, 0.5) is 0 Å². The molecule has 4 N–H and O–H groups in total. The summed E-state index contributed by atoms with van der Waals surface area (Å²) in [5.74, 6) is 0.756. The lowest BCUT2D eigenvalue weighted by molar-refractivity contribution is -0.121. The SMILES string of the molecule is CC(=O)N[C@@]12CCN(C(=O)c3ccc(OCCN)cc3)C[C@@H]1[C@@H](c1ccccc1)NC2. The van der Waals surface area contributed by atoms with Gasteiger partial charge in [0.05, 0.1) is 5.54 Å². The van der Waals surface area contributed by atoms with Crippen molar-refractivity contribution in [2.45, 2.75) is 24.9 Å². The van der Waals surface area contributed by atoms with E-state index in [-0.39, 0.29) is 29.3 Å². The van der Waals surface area contributed by atoms with Crippen molar-refractivity contribution in [3.8, 4) is 5.75 Å². The van der Waals surface area contributed by atoms with E-state index in [1.165, 1.54) is 5.56 Å². The predicted molar refractivity (Wildman–Crippen MR) is 119 cm³/mol. The molecule has 31 heavy (non-hydrogen) atoms. The number of nitrogens with zero attached hydrogens (tertiary/aromatic N) is 1. The van der Waals surface area contributed by atoms with Crippen LogP contribution in [-0.4, -0.2) is 55.0 Å². The van der Waals surface area contributed by atoms with Gasteiger partial charge < -0.3 is 26.0 Å². The molecule has 0 saturated carbocycles. The second kappa shape index (κ2) is 9.08. The summed E-state index contributed by atoms with van der Waals surface area (Å²) in [7, 11) is 0. The third-order valence-electron chi connectivity index (χ3n) is 6.35. The zero-order valence-corrected chi connectivity index (χ0v) is 17.8. The number of fused-ring (bicyclic) bond motifs is 1. The lowest BCUT2D eigenvalue weighted by Gasteiger charge is -2.45. The van der Waals surface area contributed by atoms with Crippen LogP contribution in [0.3, 0.4) is 0 Å². The first kappa shape index (κ1) is 21.3. The fourth-order valence-electron chi connectivity index (χ4n) is 4.90. The van der Waals surface area contributed by atoms with Gasteiger partial charge in [0.1, 0.15) is 12.4 Å². The molecule has 0 unspecified atom stereocenters. The molecule has 4 rings (SSSR count). The maximum absolute atomic E-state index is 13.2. The van der Waals surface area contributed by atoms with Crippen LogP contribution in [0, 0.1) is 5.92 Å². The summed E-state index contributed by atoms with van der Waals surface area (Å²) in [5.41, 5.74) is 6.94. The van der Waals surface area contributed by atoms with E-state index in [4.69, 9.17) is 10.5 Å². The molecular weight excluding hydrogens is 392 g/mol. The van der Waals surface area contributed by atoms with Crippen LogP contribution in [0.15, 0.2) is 54.6 Å². The molecule has 0 radical (unpaired) electrons. The number of carbonyl (C=O) groups is 2. The smallest absolute Gasteiger partial charge is 0.253 e. The van der Waals surface area contributed by atoms with Crippen LogP contribution in [0.1, 0.15) is 35.3 Å². The van der Waals surface area contributed by atoms with Crippen molar-refractivity contribution in [1.29, 1.82) is 0 Å². The van der Waals surface area contributed by atoms with Crippen molar-refractivity contribution in [3.63, 3.8) is 0 Å². The minimum atomic E-state index is -0.344. The van der Waals surface area contributed by atoms with Gasteiger partial charge in [0.15, 0.2) is 0 Å². The van der Waals surface area contributed by atoms with Crippen LogP contribution >= 0.6 is 0 Å². The molecule has 7 heteroatoms. The van der Waals surface area contributed by atoms with Crippen molar-refractivity contribution < 1.29 is 14.3 Å². The zero-order valence-electron chi connectivity index (χ0n) is 17.8. The third-order valence-corrected chi connectivity index (χ3v) is 6.35. The molecule has 164 valence electrons. The van der Waals surface area contributed by atoms with Gasteiger partial charge in [-0.1, -0.05) is 30.3 Å². The van der Waals surface area contributed by atoms with Crippen LogP contribution < -0.4 is 21.1 Å². The Kier molecular flexibility index (Phi) is 6.25. The highest BCUT2D eigenvalue weighted by Gasteiger charge is 2.52. The summed E-state index contributed by atoms with van der Waals surface area (Å²) in [6.07, 6.45) is 0.719. The van der Waals surface area contributed by atoms with E-state index in [9.17, 15) is 9.59 Å². The Bertz CT molecular complexity index is 918. The van der Waals surface area contributed by atoms with Gasteiger partial charge in [-0.15, -0.1) is 0 Å². The Morgan fingerprint density at radius 2 is 1.94 bits per heavy atom. The minimum absolute atomic E-state index is 0.000474. The maximum atomic E-state index is 13.2. The van der Waals surface area contributed by atoms with E-state index in [2.05, 4.69) is 22.8 Å². The van der Waals surface area contributed by atoms with Gasteiger partial charge >= 0.3 is 0 Å². The molecule has 2 aliphatic heterocycles. The fraction of sp³-hybridized carbons (Fsp3) is 0.417. The average molecular weight is 423 g/mol. The number of nitrogens with one attached hydrogen (secondary N) is 2. The largest absolute Gasteiger partial charge is 0.492 e. The van der Waals surface area contributed by atoms with Crippen LogP contribution in [0.2, 0.25) is 0 Å². The number of amides is 2. The first-order valence-corrected chi connectivity index (χ1v) is 10.8. The molecular formula is C24H30N4O3. The molecule has 7 nitrogen and oxygen atoms in total. The topological polar surface area (TPSA) is 96.7 Å². The molecule has 2 aromatic carbocycles. The molecule has 2 amide bonds. The van der Waals surface area contributed by atoms with Crippen LogP contribution in [0.5, 0.6) is 5.75 Å². The number of ether oxygens (including phenoxy) is 1. The van der Waals surface area contributed by atoms with Crippen LogP contribution in [-0.2, 0) is 4.79 Å².